The SMILES string of the molecule is CC(O)c1ccc(Sc2ncns2)c(F)c1. The van der Waals surface area contributed by atoms with E-state index in [4.69, 9.17) is 0 Å². The van der Waals surface area contributed by atoms with Crippen LogP contribution in [0.1, 0.15) is 18.6 Å². The summed E-state index contributed by atoms with van der Waals surface area (Å²) in [5, 5.41) is 9.30. The maximum Gasteiger partial charge on any atom is 0.174 e. The summed E-state index contributed by atoms with van der Waals surface area (Å²) >= 11 is 2.45. The Hall–Kier alpha value is -0.980. The van der Waals surface area contributed by atoms with Gasteiger partial charge in [0, 0.05) is 0 Å². The second kappa shape index (κ2) is 4.90. The van der Waals surface area contributed by atoms with Gasteiger partial charge in [0.15, 0.2) is 4.34 Å². The molecule has 0 bridgehead atoms. The van der Waals surface area contributed by atoms with Crippen molar-refractivity contribution in [3.63, 3.8) is 0 Å². The van der Waals surface area contributed by atoms with Crippen molar-refractivity contribution in [1.29, 1.82) is 0 Å². The smallest absolute Gasteiger partial charge is 0.174 e. The van der Waals surface area contributed by atoms with Crippen molar-refractivity contribution in [3.05, 3.63) is 35.9 Å². The van der Waals surface area contributed by atoms with Gasteiger partial charge >= 0.3 is 0 Å². The van der Waals surface area contributed by atoms with E-state index < -0.39 is 6.10 Å². The maximum absolute atomic E-state index is 13.6. The van der Waals surface area contributed by atoms with E-state index in [1.807, 2.05) is 0 Å². The maximum atomic E-state index is 13.6. The average molecular weight is 256 g/mol. The fraction of sp³-hybridized carbons (Fsp3) is 0.200. The lowest BCUT2D eigenvalue weighted by atomic mass is 10.1. The van der Waals surface area contributed by atoms with E-state index in [2.05, 4.69) is 9.36 Å². The van der Waals surface area contributed by atoms with Crippen molar-refractivity contribution in [2.45, 2.75) is 22.3 Å². The molecule has 1 N–H and O–H groups in total. The van der Waals surface area contributed by atoms with Gasteiger partial charge in [-0.25, -0.2) is 9.37 Å². The predicted molar refractivity (Wildman–Crippen MR) is 61.1 cm³/mol. The van der Waals surface area contributed by atoms with Gasteiger partial charge in [-0.2, -0.15) is 4.37 Å². The summed E-state index contributed by atoms with van der Waals surface area (Å²) < 4.78 is 18.2. The second-order valence-corrected chi connectivity index (χ2v) is 5.24. The predicted octanol–water partition coefficient (Wildman–Crippen LogP) is 2.88. The highest BCUT2D eigenvalue weighted by molar-refractivity contribution is 8.01. The van der Waals surface area contributed by atoms with Crippen LogP contribution in [0.4, 0.5) is 4.39 Å². The van der Waals surface area contributed by atoms with E-state index in [-0.39, 0.29) is 5.82 Å². The molecule has 1 aromatic heterocycles. The van der Waals surface area contributed by atoms with Gasteiger partial charge in [0.05, 0.1) is 11.0 Å². The summed E-state index contributed by atoms with van der Waals surface area (Å²) in [7, 11) is 0. The third kappa shape index (κ3) is 2.58. The van der Waals surface area contributed by atoms with Gasteiger partial charge in [-0.1, -0.05) is 17.8 Å². The van der Waals surface area contributed by atoms with Crippen LogP contribution in [0, 0.1) is 5.82 Å². The summed E-state index contributed by atoms with van der Waals surface area (Å²) in [5.41, 5.74) is 0.569. The third-order valence-corrected chi connectivity index (χ3v) is 3.74. The molecule has 6 heteroatoms. The van der Waals surface area contributed by atoms with E-state index in [0.717, 1.165) is 0 Å². The first kappa shape index (κ1) is 11.5. The molecular weight excluding hydrogens is 247 g/mol. The lowest BCUT2D eigenvalue weighted by Gasteiger charge is -2.06. The Morgan fingerprint density at radius 3 is 2.88 bits per heavy atom. The number of benzene rings is 1. The topological polar surface area (TPSA) is 46.0 Å². The van der Waals surface area contributed by atoms with E-state index in [0.29, 0.717) is 14.8 Å². The van der Waals surface area contributed by atoms with Crippen molar-refractivity contribution in [2.75, 3.05) is 0 Å². The molecule has 0 spiro atoms. The first-order valence-electron chi connectivity index (χ1n) is 4.59. The molecule has 1 aromatic carbocycles. The number of hydrogen-bond donors (Lipinski definition) is 1. The van der Waals surface area contributed by atoms with Crippen LogP contribution >= 0.6 is 23.3 Å². The molecule has 3 nitrogen and oxygen atoms in total. The normalized spacial score (nSPS) is 12.7. The zero-order valence-electron chi connectivity index (χ0n) is 8.42. The van der Waals surface area contributed by atoms with Gasteiger partial charge in [-0.3, -0.25) is 0 Å². The van der Waals surface area contributed by atoms with Crippen LogP contribution in [-0.4, -0.2) is 14.5 Å². The van der Waals surface area contributed by atoms with Gasteiger partial charge in [0.1, 0.15) is 12.1 Å². The molecular formula is C10H9FN2OS2. The zero-order chi connectivity index (χ0) is 11.5. The van der Waals surface area contributed by atoms with Crippen LogP contribution in [0.5, 0.6) is 0 Å². The van der Waals surface area contributed by atoms with Crippen LogP contribution < -0.4 is 0 Å². The fourth-order valence-electron chi connectivity index (χ4n) is 1.16. The Morgan fingerprint density at radius 2 is 2.31 bits per heavy atom. The molecule has 2 rings (SSSR count). The van der Waals surface area contributed by atoms with Crippen molar-refractivity contribution in [1.82, 2.24) is 9.36 Å². The van der Waals surface area contributed by atoms with Gasteiger partial charge < -0.3 is 5.11 Å². The van der Waals surface area contributed by atoms with E-state index in [1.165, 1.54) is 35.7 Å². The summed E-state index contributed by atoms with van der Waals surface area (Å²) in [6, 6.07) is 4.69. The molecule has 0 aliphatic rings. The van der Waals surface area contributed by atoms with Crippen LogP contribution in [0.3, 0.4) is 0 Å². The highest BCUT2D eigenvalue weighted by Gasteiger charge is 2.09. The molecule has 1 unspecified atom stereocenters. The van der Waals surface area contributed by atoms with Crippen LogP contribution in [0.25, 0.3) is 0 Å². The number of halogens is 1. The minimum absolute atomic E-state index is 0.349. The number of aliphatic hydroxyl groups excluding tert-OH is 1. The Balaban J connectivity index is 2.23. The second-order valence-electron chi connectivity index (χ2n) is 3.18. The number of rotatable bonds is 3. The molecule has 1 atom stereocenters. The number of nitrogens with zero attached hydrogens (tertiary/aromatic N) is 2. The first-order chi connectivity index (χ1) is 7.66. The molecule has 0 radical (unpaired) electrons. The Kier molecular flexibility index (Phi) is 3.52. The van der Waals surface area contributed by atoms with Crippen LogP contribution in [0.2, 0.25) is 0 Å². The van der Waals surface area contributed by atoms with Crippen molar-refractivity contribution in [2.24, 2.45) is 0 Å². The van der Waals surface area contributed by atoms with Gasteiger partial charge in [-0.05, 0) is 36.2 Å². The summed E-state index contributed by atoms with van der Waals surface area (Å²) in [4.78, 5) is 4.45. The zero-order valence-corrected chi connectivity index (χ0v) is 10.1. The molecule has 0 saturated heterocycles. The van der Waals surface area contributed by atoms with E-state index >= 15 is 0 Å². The van der Waals surface area contributed by atoms with Gasteiger partial charge in [0.2, 0.25) is 0 Å². The standard InChI is InChI=1S/C10H9FN2OS2/c1-6(14)7-2-3-9(8(11)4-7)15-10-12-5-13-16-10/h2-6,14H,1H3. The quantitative estimate of drug-likeness (QED) is 0.917. The lowest BCUT2D eigenvalue weighted by Crippen LogP contribution is -1.92. The summed E-state index contributed by atoms with van der Waals surface area (Å²) in [6.45, 7) is 1.60. The monoisotopic (exact) mass is 256 g/mol. The Labute approximate surface area is 101 Å². The lowest BCUT2D eigenvalue weighted by molar-refractivity contribution is 0.198. The molecule has 16 heavy (non-hydrogen) atoms. The molecule has 0 saturated carbocycles. The molecule has 0 aliphatic carbocycles. The van der Waals surface area contributed by atoms with E-state index in [1.54, 1.807) is 19.1 Å². The molecule has 0 fully saturated rings. The van der Waals surface area contributed by atoms with Crippen LogP contribution in [0.15, 0.2) is 33.8 Å². The highest BCUT2D eigenvalue weighted by atomic mass is 32.2. The van der Waals surface area contributed by atoms with E-state index in [9.17, 15) is 9.50 Å². The van der Waals surface area contributed by atoms with Crippen molar-refractivity contribution < 1.29 is 9.50 Å². The minimum atomic E-state index is -0.657. The number of hydrogen-bond acceptors (Lipinski definition) is 5. The first-order valence-corrected chi connectivity index (χ1v) is 6.18. The minimum Gasteiger partial charge on any atom is -0.389 e. The van der Waals surface area contributed by atoms with Crippen molar-refractivity contribution >= 4 is 23.3 Å². The highest BCUT2D eigenvalue weighted by Crippen LogP contribution is 2.31. The van der Waals surface area contributed by atoms with Crippen molar-refractivity contribution in [3.8, 4) is 0 Å². The average Bonchev–Trinajstić information content (AvgIpc) is 2.73. The summed E-state index contributed by atoms with van der Waals surface area (Å²) in [6.07, 6.45) is 0.782. The van der Waals surface area contributed by atoms with Crippen LogP contribution in [-0.2, 0) is 0 Å². The molecule has 1 heterocycles. The van der Waals surface area contributed by atoms with Gasteiger partial charge in [0.25, 0.3) is 0 Å². The number of aliphatic hydroxyl groups is 1. The summed E-state index contributed by atoms with van der Waals surface area (Å²) in [5.74, 6) is -0.349. The number of aromatic nitrogens is 2. The fourth-order valence-corrected chi connectivity index (χ4v) is 2.57. The Morgan fingerprint density at radius 1 is 1.50 bits per heavy atom. The molecule has 0 amide bonds. The third-order valence-electron chi connectivity index (χ3n) is 1.98. The molecule has 84 valence electrons. The van der Waals surface area contributed by atoms with Gasteiger partial charge in [-0.15, -0.1) is 0 Å². The largest absolute Gasteiger partial charge is 0.389 e. The Bertz CT molecular complexity index is 474. The molecule has 2 aromatic rings. The molecule has 0 aliphatic heterocycles.